The number of hydrogen-bond acceptors (Lipinski definition) is 3. The van der Waals surface area contributed by atoms with Gasteiger partial charge in [-0.15, -0.1) is 0 Å². The number of ether oxygens (including phenoxy) is 1. The molecule has 1 saturated heterocycles. The van der Waals surface area contributed by atoms with E-state index in [4.69, 9.17) is 10.5 Å². The summed E-state index contributed by atoms with van der Waals surface area (Å²) in [5.74, 6) is 0.877. The molecule has 1 aliphatic heterocycles. The van der Waals surface area contributed by atoms with Gasteiger partial charge >= 0.3 is 0 Å². The summed E-state index contributed by atoms with van der Waals surface area (Å²) >= 11 is 0. The van der Waals surface area contributed by atoms with E-state index in [0.717, 1.165) is 0 Å². The van der Waals surface area contributed by atoms with Gasteiger partial charge < -0.3 is 15.8 Å². The molecule has 0 bridgehead atoms. The van der Waals surface area contributed by atoms with Gasteiger partial charge in [0.05, 0.1) is 23.7 Å². The summed E-state index contributed by atoms with van der Waals surface area (Å²) in [4.78, 5) is 12.5. The van der Waals surface area contributed by atoms with Gasteiger partial charge in [0, 0.05) is 6.54 Å². The van der Waals surface area contributed by atoms with Gasteiger partial charge in [0.1, 0.15) is 0 Å². The molecule has 5 atom stereocenters. The van der Waals surface area contributed by atoms with Crippen LogP contribution in [0.25, 0.3) is 0 Å². The lowest BCUT2D eigenvalue weighted by Gasteiger charge is -2.32. The standard InChI is InChI=1S/C14H26N2O2/c1-8-9(2)18-10(3)12(8)13(17)16-14(4,7-15)11-5-6-11/h8-12H,5-7,15H2,1-4H3,(H,16,17). The minimum absolute atomic E-state index is 0.00349. The molecule has 1 saturated carbocycles. The summed E-state index contributed by atoms with van der Waals surface area (Å²) < 4.78 is 5.74. The molecule has 2 rings (SSSR count). The quantitative estimate of drug-likeness (QED) is 0.794. The minimum atomic E-state index is -0.234. The molecule has 5 unspecified atom stereocenters. The van der Waals surface area contributed by atoms with E-state index in [9.17, 15) is 4.79 Å². The summed E-state index contributed by atoms with van der Waals surface area (Å²) in [5.41, 5.74) is 5.61. The van der Waals surface area contributed by atoms with Crippen LogP contribution < -0.4 is 11.1 Å². The van der Waals surface area contributed by atoms with Crippen LogP contribution in [0.3, 0.4) is 0 Å². The molecular formula is C14H26N2O2. The summed E-state index contributed by atoms with van der Waals surface area (Å²) in [6, 6.07) is 0. The molecule has 2 fully saturated rings. The predicted octanol–water partition coefficient (Wildman–Crippen LogP) is 1.29. The van der Waals surface area contributed by atoms with Crippen LogP contribution in [-0.4, -0.2) is 30.2 Å². The van der Waals surface area contributed by atoms with Crippen molar-refractivity contribution >= 4 is 5.91 Å². The van der Waals surface area contributed by atoms with Crippen LogP contribution in [-0.2, 0) is 9.53 Å². The van der Waals surface area contributed by atoms with Crippen LogP contribution in [0.4, 0.5) is 0 Å². The lowest BCUT2D eigenvalue weighted by molar-refractivity contribution is -0.129. The second-order valence-corrected chi connectivity index (χ2v) is 6.32. The van der Waals surface area contributed by atoms with Gasteiger partial charge in [0.15, 0.2) is 0 Å². The van der Waals surface area contributed by atoms with Crippen molar-refractivity contribution in [3.05, 3.63) is 0 Å². The van der Waals surface area contributed by atoms with Crippen molar-refractivity contribution in [1.82, 2.24) is 5.32 Å². The molecule has 18 heavy (non-hydrogen) atoms. The predicted molar refractivity (Wildman–Crippen MR) is 71.0 cm³/mol. The molecule has 3 N–H and O–H groups in total. The number of carbonyl (C=O) groups is 1. The Morgan fingerprint density at radius 1 is 1.33 bits per heavy atom. The largest absolute Gasteiger partial charge is 0.374 e. The molecular weight excluding hydrogens is 228 g/mol. The Morgan fingerprint density at radius 3 is 2.33 bits per heavy atom. The highest BCUT2D eigenvalue weighted by atomic mass is 16.5. The van der Waals surface area contributed by atoms with Crippen molar-refractivity contribution in [2.75, 3.05) is 6.54 Å². The number of rotatable bonds is 4. The van der Waals surface area contributed by atoms with Crippen LogP contribution in [0.5, 0.6) is 0 Å². The van der Waals surface area contributed by atoms with Crippen LogP contribution >= 0.6 is 0 Å². The molecule has 1 amide bonds. The van der Waals surface area contributed by atoms with E-state index in [1.165, 1.54) is 12.8 Å². The molecule has 0 aromatic carbocycles. The van der Waals surface area contributed by atoms with Crippen LogP contribution in [0.15, 0.2) is 0 Å². The molecule has 2 aliphatic rings. The lowest BCUT2D eigenvalue weighted by atomic mass is 9.87. The Bertz CT molecular complexity index is 330. The zero-order chi connectivity index (χ0) is 13.5. The average molecular weight is 254 g/mol. The zero-order valence-corrected chi connectivity index (χ0v) is 11.9. The van der Waals surface area contributed by atoms with E-state index in [-0.39, 0.29) is 35.5 Å². The van der Waals surface area contributed by atoms with E-state index >= 15 is 0 Å². The van der Waals surface area contributed by atoms with Crippen molar-refractivity contribution in [2.45, 2.75) is 58.3 Å². The highest BCUT2D eigenvalue weighted by Gasteiger charge is 2.46. The first kappa shape index (κ1) is 13.8. The topological polar surface area (TPSA) is 64.3 Å². The summed E-state index contributed by atoms with van der Waals surface area (Å²) in [6.07, 6.45) is 2.50. The van der Waals surface area contributed by atoms with E-state index in [2.05, 4.69) is 19.2 Å². The van der Waals surface area contributed by atoms with Gasteiger partial charge in [-0.3, -0.25) is 4.79 Å². The van der Waals surface area contributed by atoms with E-state index in [0.29, 0.717) is 12.5 Å². The maximum absolute atomic E-state index is 12.5. The summed E-state index contributed by atoms with van der Waals surface area (Å²) in [7, 11) is 0. The Hall–Kier alpha value is -0.610. The van der Waals surface area contributed by atoms with Crippen LogP contribution in [0, 0.1) is 17.8 Å². The highest BCUT2D eigenvalue weighted by molar-refractivity contribution is 5.80. The smallest absolute Gasteiger partial charge is 0.226 e. The third-order valence-corrected chi connectivity index (χ3v) is 4.86. The van der Waals surface area contributed by atoms with Gasteiger partial charge in [0.2, 0.25) is 5.91 Å². The normalized spacial score (nSPS) is 39.4. The van der Waals surface area contributed by atoms with Gasteiger partial charge in [-0.2, -0.15) is 0 Å². The Balaban J connectivity index is 2.03. The summed E-state index contributed by atoms with van der Waals surface area (Å²) in [6.45, 7) is 8.69. The van der Waals surface area contributed by atoms with Gasteiger partial charge in [-0.1, -0.05) is 6.92 Å². The zero-order valence-electron chi connectivity index (χ0n) is 11.9. The number of carbonyl (C=O) groups excluding carboxylic acids is 1. The first-order valence-corrected chi connectivity index (χ1v) is 7.06. The number of amides is 1. The molecule has 1 heterocycles. The third-order valence-electron chi connectivity index (χ3n) is 4.86. The SMILES string of the molecule is CC1OC(C)C(C(=O)NC(C)(CN)C2CC2)C1C. The van der Waals surface area contributed by atoms with Crippen molar-refractivity contribution < 1.29 is 9.53 Å². The van der Waals surface area contributed by atoms with Crippen molar-refractivity contribution in [1.29, 1.82) is 0 Å². The molecule has 0 radical (unpaired) electrons. The molecule has 1 aliphatic carbocycles. The molecule has 4 nitrogen and oxygen atoms in total. The second kappa shape index (κ2) is 4.82. The van der Waals surface area contributed by atoms with Crippen LogP contribution in [0.1, 0.15) is 40.5 Å². The highest BCUT2D eigenvalue weighted by Crippen LogP contribution is 2.40. The monoisotopic (exact) mass is 254 g/mol. The molecule has 0 spiro atoms. The Morgan fingerprint density at radius 2 is 1.94 bits per heavy atom. The van der Waals surface area contributed by atoms with Crippen molar-refractivity contribution in [2.24, 2.45) is 23.5 Å². The van der Waals surface area contributed by atoms with Gasteiger partial charge in [-0.25, -0.2) is 0 Å². The van der Waals surface area contributed by atoms with Crippen molar-refractivity contribution in [3.63, 3.8) is 0 Å². The fraction of sp³-hybridized carbons (Fsp3) is 0.929. The fourth-order valence-corrected chi connectivity index (χ4v) is 3.12. The first-order chi connectivity index (χ1) is 8.39. The number of nitrogens with one attached hydrogen (secondary N) is 1. The lowest BCUT2D eigenvalue weighted by Crippen LogP contribution is -2.55. The average Bonchev–Trinajstić information content (AvgIpc) is 3.09. The first-order valence-electron chi connectivity index (χ1n) is 7.06. The maximum atomic E-state index is 12.5. The Kier molecular flexibility index (Phi) is 3.70. The second-order valence-electron chi connectivity index (χ2n) is 6.32. The van der Waals surface area contributed by atoms with Gasteiger partial charge in [-0.05, 0) is 45.4 Å². The number of nitrogens with two attached hydrogens (primary N) is 1. The molecule has 0 aromatic rings. The Labute approximate surface area is 110 Å². The molecule has 4 heteroatoms. The summed E-state index contributed by atoms with van der Waals surface area (Å²) in [5, 5.41) is 3.18. The number of hydrogen-bond donors (Lipinski definition) is 2. The molecule has 104 valence electrons. The van der Waals surface area contributed by atoms with Crippen LogP contribution in [0.2, 0.25) is 0 Å². The minimum Gasteiger partial charge on any atom is -0.374 e. The van der Waals surface area contributed by atoms with E-state index < -0.39 is 0 Å². The van der Waals surface area contributed by atoms with Crippen molar-refractivity contribution in [3.8, 4) is 0 Å². The van der Waals surface area contributed by atoms with E-state index in [1.807, 2.05) is 13.8 Å². The molecule has 0 aromatic heterocycles. The van der Waals surface area contributed by atoms with Gasteiger partial charge in [0.25, 0.3) is 0 Å². The van der Waals surface area contributed by atoms with E-state index in [1.54, 1.807) is 0 Å². The fourth-order valence-electron chi connectivity index (χ4n) is 3.12. The maximum Gasteiger partial charge on any atom is 0.226 e. The third kappa shape index (κ3) is 2.41.